The average molecular weight is 449 g/mol. The molecule has 1 aliphatic carbocycles. The highest BCUT2D eigenvalue weighted by Crippen LogP contribution is 2.47. The Labute approximate surface area is 190 Å². The molecule has 7 heteroatoms. The number of benzene rings is 1. The summed E-state index contributed by atoms with van der Waals surface area (Å²) in [7, 11) is 0. The largest absolute Gasteiger partial charge is 0.494 e. The van der Waals surface area contributed by atoms with E-state index in [9.17, 15) is 19.5 Å². The van der Waals surface area contributed by atoms with Crippen molar-refractivity contribution in [3.05, 3.63) is 29.8 Å². The summed E-state index contributed by atoms with van der Waals surface area (Å²) in [6.07, 6.45) is -0.353. The van der Waals surface area contributed by atoms with Gasteiger partial charge in [0.2, 0.25) is 0 Å². The molecule has 0 heterocycles. The van der Waals surface area contributed by atoms with Crippen LogP contribution >= 0.6 is 0 Å². The van der Waals surface area contributed by atoms with Crippen LogP contribution in [-0.4, -0.2) is 46.2 Å². The zero-order valence-electron chi connectivity index (χ0n) is 20.4. The number of esters is 2. The molecular weight excluding hydrogens is 412 g/mol. The normalized spacial score (nSPS) is 26.4. The van der Waals surface area contributed by atoms with Gasteiger partial charge in [0.1, 0.15) is 22.9 Å². The predicted octanol–water partition coefficient (Wildman–Crippen LogP) is 3.81. The van der Waals surface area contributed by atoms with Crippen LogP contribution in [0.15, 0.2) is 24.3 Å². The van der Waals surface area contributed by atoms with Crippen molar-refractivity contribution in [3.63, 3.8) is 0 Å². The Morgan fingerprint density at radius 3 is 1.97 bits per heavy atom. The van der Waals surface area contributed by atoms with E-state index in [0.29, 0.717) is 17.9 Å². The van der Waals surface area contributed by atoms with Gasteiger partial charge in [-0.2, -0.15) is 0 Å². The number of ketones is 1. The number of Topliss-reactive ketones (excluding diaryl/α,β-unsaturated/α-hetero) is 1. The molecule has 2 rings (SSSR count). The summed E-state index contributed by atoms with van der Waals surface area (Å²) in [4.78, 5) is 39.5. The fourth-order valence-corrected chi connectivity index (χ4v) is 4.10. The molecule has 1 fully saturated rings. The lowest BCUT2D eigenvalue weighted by Gasteiger charge is -2.44. The van der Waals surface area contributed by atoms with E-state index in [1.165, 1.54) is 6.92 Å². The van der Waals surface area contributed by atoms with E-state index in [1.54, 1.807) is 65.8 Å². The Kier molecular flexibility index (Phi) is 7.45. The van der Waals surface area contributed by atoms with Gasteiger partial charge in [-0.25, -0.2) is 0 Å². The lowest BCUT2D eigenvalue weighted by Crippen LogP contribution is -2.56. The highest BCUT2D eigenvalue weighted by molar-refractivity contribution is 6.03. The number of rotatable bonds is 5. The third-order valence-corrected chi connectivity index (χ3v) is 5.16. The summed E-state index contributed by atoms with van der Waals surface area (Å²) >= 11 is 0. The molecule has 178 valence electrons. The Morgan fingerprint density at radius 2 is 1.50 bits per heavy atom. The lowest BCUT2D eigenvalue weighted by atomic mass is 9.61. The summed E-state index contributed by atoms with van der Waals surface area (Å²) in [5.41, 5.74) is -2.77. The summed E-state index contributed by atoms with van der Waals surface area (Å²) < 4.78 is 16.6. The van der Waals surface area contributed by atoms with E-state index in [2.05, 4.69) is 0 Å². The van der Waals surface area contributed by atoms with Crippen LogP contribution in [0.25, 0.3) is 0 Å². The molecule has 1 aromatic rings. The molecule has 0 radical (unpaired) electrons. The van der Waals surface area contributed by atoms with Gasteiger partial charge in [0.25, 0.3) is 0 Å². The zero-order chi connectivity index (χ0) is 24.5. The maximum atomic E-state index is 13.3. The quantitative estimate of drug-likeness (QED) is 0.540. The van der Waals surface area contributed by atoms with Crippen molar-refractivity contribution in [1.82, 2.24) is 0 Å². The smallest absolute Gasteiger partial charge is 0.317 e. The second-order valence-corrected chi connectivity index (χ2v) is 10.6. The molecule has 0 aliphatic heterocycles. The van der Waals surface area contributed by atoms with E-state index < -0.39 is 52.3 Å². The first-order chi connectivity index (χ1) is 14.6. The number of hydrogen-bond donors (Lipinski definition) is 1. The standard InChI is InChI=1S/C25H36O7/c1-9-30-16-12-10-15(11-13-16)18-19(21(27)31-23(2,3)4)17(26)14-25(8,29)20(18)22(28)32-24(5,6)7/h10-13,18-20,29H,9,14H2,1-8H3/t18-,19+,20+,25-/m1/s1. The molecule has 32 heavy (non-hydrogen) atoms. The summed E-state index contributed by atoms with van der Waals surface area (Å²) in [6.45, 7) is 14.1. The van der Waals surface area contributed by atoms with Crippen LogP contribution in [-0.2, 0) is 23.9 Å². The summed E-state index contributed by atoms with van der Waals surface area (Å²) in [5, 5.41) is 11.2. The topological polar surface area (TPSA) is 99.1 Å². The zero-order valence-corrected chi connectivity index (χ0v) is 20.4. The molecule has 7 nitrogen and oxygen atoms in total. The van der Waals surface area contributed by atoms with Crippen molar-refractivity contribution >= 4 is 17.7 Å². The van der Waals surface area contributed by atoms with Gasteiger partial charge in [-0.05, 0) is 73.1 Å². The SMILES string of the molecule is CCOc1ccc([C@@H]2[C@@H](C(=O)OC(C)(C)C)C(=O)C[C@@](C)(O)[C@@H]2C(=O)OC(C)(C)C)cc1. The van der Waals surface area contributed by atoms with Gasteiger partial charge in [0.15, 0.2) is 5.78 Å². The van der Waals surface area contributed by atoms with E-state index in [1.807, 2.05) is 6.92 Å². The first-order valence-electron chi connectivity index (χ1n) is 11.0. The van der Waals surface area contributed by atoms with E-state index >= 15 is 0 Å². The molecule has 1 aromatic carbocycles. The fraction of sp³-hybridized carbons (Fsp3) is 0.640. The number of carbonyl (C=O) groups is 3. The third-order valence-electron chi connectivity index (χ3n) is 5.16. The van der Waals surface area contributed by atoms with Gasteiger partial charge in [0, 0.05) is 12.3 Å². The first-order valence-corrected chi connectivity index (χ1v) is 11.0. The van der Waals surface area contributed by atoms with Crippen LogP contribution in [0.3, 0.4) is 0 Å². The van der Waals surface area contributed by atoms with E-state index in [4.69, 9.17) is 14.2 Å². The highest BCUT2D eigenvalue weighted by Gasteiger charge is 2.57. The molecule has 1 N–H and O–H groups in total. The molecule has 0 bridgehead atoms. The molecule has 0 spiro atoms. The van der Waals surface area contributed by atoms with Crippen LogP contribution in [0.4, 0.5) is 0 Å². The molecule has 1 aliphatic rings. The van der Waals surface area contributed by atoms with Crippen molar-refractivity contribution in [2.45, 2.75) is 84.5 Å². The average Bonchev–Trinajstić information content (AvgIpc) is 2.57. The van der Waals surface area contributed by atoms with E-state index in [0.717, 1.165) is 0 Å². The Bertz CT molecular complexity index is 841. The molecule has 0 aromatic heterocycles. The Morgan fingerprint density at radius 1 is 1.00 bits per heavy atom. The number of aliphatic hydroxyl groups is 1. The van der Waals surface area contributed by atoms with Crippen LogP contribution in [0.1, 0.15) is 73.3 Å². The minimum absolute atomic E-state index is 0.353. The van der Waals surface area contributed by atoms with Gasteiger partial charge < -0.3 is 19.3 Å². The van der Waals surface area contributed by atoms with Crippen LogP contribution < -0.4 is 4.74 Å². The molecule has 4 atom stereocenters. The molecule has 0 unspecified atom stereocenters. The third kappa shape index (κ3) is 6.31. The summed E-state index contributed by atoms with van der Waals surface area (Å²) in [6, 6.07) is 6.84. The maximum Gasteiger partial charge on any atom is 0.317 e. The minimum atomic E-state index is -1.69. The van der Waals surface area contributed by atoms with Gasteiger partial charge in [0.05, 0.1) is 18.1 Å². The van der Waals surface area contributed by atoms with Crippen molar-refractivity contribution < 1.29 is 33.7 Å². The van der Waals surface area contributed by atoms with Crippen LogP contribution in [0.5, 0.6) is 5.75 Å². The van der Waals surface area contributed by atoms with Crippen molar-refractivity contribution in [1.29, 1.82) is 0 Å². The van der Waals surface area contributed by atoms with Crippen LogP contribution in [0.2, 0.25) is 0 Å². The molecule has 0 saturated heterocycles. The lowest BCUT2D eigenvalue weighted by molar-refractivity contribution is -0.182. The number of ether oxygens (including phenoxy) is 3. The second-order valence-electron chi connectivity index (χ2n) is 10.6. The maximum absolute atomic E-state index is 13.3. The Balaban J connectivity index is 2.62. The Hall–Kier alpha value is -2.41. The molecule has 0 amide bonds. The fourth-order valence-electron chi connectivity index (χ4n) is 4.10. The second kappa shape index (κ2) is 9.22. The first kappa shape index (κ1) is 25.8. The predicted molar refractivity (Wildman–Crippen MR) is 119 cm³/mol. The molecular formula is C25H36O7. The van der Waals surface area contributed by atoms with Crippen molar-refractivity contribution in [2.75, 3.05) is 6.61 Å². The highest BCUT2D eigenvalue weighted by atomic mass is 16.6. The van der Waals surface area contributed by atoms with Gasteiger partial charge in [-0.1, -0.05) is 12.1 Å². The molecule has 1 saturated carbocycles. The van der Waals surface area contributed by atoms with Crippen molar-refractivity contribution in [3.8, 4) is 5.75 Å². The van der Waals surface area contributed by atoms with Gasteiger partial charge in [-0.15, -0.1) is 0 Å². The van der Waals surface area contributed by atoms with Crippen molar-refractivity contribution in [2.24, 2.45) is 11.8 Å². The monoisotopic (exact) mass is 448 g/mol. The summed E-state index contributed by atoms with van der Waals surface area (Å²) in [5.74, 6) is -4.57. The van der Waals surface area contributed by atoms with Gasteiger partial charge in [-0.3, -0.25) is 14.4 Å². The number of carbonyl (C=O) groups excluding carboxylic acids is 3. The van der Waals surface area contributed by atoms with Crippen LogP contribution in [0, 0.1) is 11.8 Å². The van der Waals surface area contributed by atoms with E-state index in [-0.39, 0.29) is 6.42 Å². The number of hydrogen-bond acceptors (Lipinski definition) is 7. The minimum Gasteiger partial charge on any atom is -0.494 e. The van der Waals surface area contributed by atoms with Gasteiger partial charge >= 0.3 is 11.9 Å².